The number of anilines is 1. The molecular weight excluding hydrogens is 536 g/mol. The lowest BCUT2D eigenvalue weighted by atomic mass is 9.99. The van der Waals surface area contributed by atoms with E-state index in [0.29, 0.717) is 12.2 Å². The number of para-hydroxylation sites is 1. The number of urea groups is 2. The van der Waals surface area contributed by atoms with E-state index in [4.69, 9.17) is 5.73 Å². The van der Waals surface area contributed by atoms with E-state index in [1.54, 1.807) is 24.3 Å². The number of hydrogen-bond acceptors (Lipinski definition) is 5. The SMILES string of the molecule is CC(C)CN(CC(O)[C@H](Cc1ccccc1)NC(=O)C(CC(N)=O)NC(=O)N(C)c1ccccc1)C(=O)NC(C)(C)C. The van der Waals surface area contributed by atoms with E-state index in [9.17, 15) is 24.3 Å². The molecule has 0 spiro atoms. The topological polar surface area (TPSA) is 157 Å². The molecule has 0 saturated carbocycles. The predicted octanol–water partition coefficient (Wildman–Crippen LogP) is 2.63. The highest BCUT2D eigenvalue weighted by Crippen LogP contribution is 2.13. The van der Waals surface area contributed by atoms with Crippen molar-refractivity contribution in [3.63, 3.8) is 0 Å². The van der Waals surface area contributed by atoms with Gasteiger partial charge in [-0.2, -0.15) is 0 Å². The lowest BCUT2D eigenvalue weighted by molar-refractivity contribution is -0.128. The largest absolute Gasteiger partial charge is 0.389 e. The van der Waals surface area contributed by atoms with Crippen molar-refractivity contribution in [2.45, 2.75) is 71.2 Å². The van der Waals surface area contributed by atoms with Crippen molar-refractivity contribution < 1.29 is 24.3 Å². The molecule has 0 fully saturated rings. The van der Waals surface area contributed by atoms with Gasteiger partial charge in [0.1, 0.15) is 6.04 Å². The fourth-order valence-corrected chi connectivity index (χ4v) is 4.29. The van der Waals surface area contributed by atoms with Crippen LogP contribution in [0.15, 0.2) is 60.7 Å². The Balaban J connectivity index is 2.29. The highest BCUT2D eigenvalue weighted by molar-refractivity contribution is 5.96. The molecule has 0 heterocycles. The van der Waals surface area contributed by atoms with Gasteiger partial charge >= 0.3 is 12.1 Å². The van der Waals surface area contributed by atoms with E-state index in [-0.39, 0.29) is 24.9 Å². The van der Waals surface area contributed by atoms with Crippen LogP contribution in [0.5, 0.6) is 0 Å². The van der Waals surface area contributed by atoms with Gasteiger partial charge in [0, 0.05) is 24.8 Å². The Kier molecular flexibility index (Phi) is 12.8. The van der Waals surface area contributed by atoms with E-state index in [2.05, 4.69) is 16.0 Å². The molecule has 2 aromatic carbocycles. The summed E-state index contributed by atoms with van der Waals surface area (Å²) in [7, 11) is 1.54. The highest BCUT2D eigenvalue weighted by atomic mass is 16.3. The Morgan fingerprint density at radius 1 is 0.881 bits per heavy atom. The standard InChI is InChI=1S/C31H46N6O5/c1-21(2)19-37(30(42)35-31(3,4)5)20-26(38)24(17-22-13-9-7-10-14-22)33-28(40)25(18-27(32)39)34-29(41)36(6)23-15-11-8-12-16-23/h7-16,21,24-26,38H,17-20H2,1-6H3,(H2,32,39)(H,33,40)(H,34,41)(H,35,42)/t24-,25?,26?/m0/s1. The summed E-state index contributed by atoms with van der Waals surface area (Å²) in [5.41, 5.74) is 6.37. The van der Waals surface area contributed by atoms with Gasteiger partial charge in [-0.15, -0.1) is 0 Å². The minimum atomic E-state index is -1.29. The Labute approximate surface area is 248 Å². The number of rotatable bonds is 13. The summed E-state index contributed by atoms with van der Waals surface area (Å²) in [6, 6.07) is 15.0. The maximum atomic E-state index is 13.5. The normalized spacial score (nSPS) is 13.4. The lowest BCUT2D eigenvalue weighted by Gasteiger charge is -2.34. The van der Waals surface area contributed by atoms with Crippen molar-refractivity contribution in [1.29, 1.82) is 0 Å². The molecule has 2 aromatic rings. The van der Waals surface area contributed by atoms with Crippen LogP contribution in [0.3, 0.4) is 0 Å². The number of hydrogen-bond donors (Lipinski definition) is 5. The molecule has 0 aliphatic carbocycles. The lowest BCUT2D eigenvalue weighted by Crippen LogP contribution is -2.58. The summed E-state index contributed by atoms with van der Waals surface area (Å²) < 4.78 is 0. The maximum Gasteiger partial charge on any atom is 0.322 e. The van der Waals surface area contributed by atoms with Gasteiger partial charge in [0.15, 0.2) is 0 Å². The summed E-state index contributed by atoms with van der Waals surface area (Å²) in [5.74, 6) is -1.33. The Morgan fingerprint density at radius 3 is 1.98 bits per heavy atom. The first kappa shape index (κ1) is 34.1. The van der Waals surface area contributed by atoms with E-state index in [0.717, 1.165) is 5.56 Å². The number of benzene rings is 2. The molecule has 6 amide bonds. The minimum Gasteiger partial charge on any atom is -0.389 e. The van der Waals surface area contributed by atoms with Gasteiger partial charge in [0.05, 0.1) is 25.1 Å². The number of amides is 6. The van der Waals surface area contributed by atoms with Crippen LogP contribution < -0.4 is 26.6 Å². The van der Waals surface area contributed by atoms with Crippen LogP contribution in [0.1, 0.15) is 46.6 Å². The molecule has 11 heteroatoms. The van der Waals surface area contributed by atoms with Crippen molar-refractivity contribution in [2.24, 2.45) is 11.7 Å². The maximum absolute atomic E-state index is 13.5. The summed E-state index contributed by atoms with van der Waals surface area (Å²) in [6.45, 7) is 9.88. The molecule has 2 rings (SSSR count). The second kappa shape index (κ2) is 15.8. The van der Waals surface area contributed by atoms with Gasteiger partial charge < -0.3 is 31.7 Å². The van der Waals surface area contributed by atoms with Crippen LogP contribution >= 0.6 is 0 Å². The zero-order valence-corrected chi connectivity index (χ0v) is 25.5. The third kappa shape index (κ3) is 11.8. The summed E-state index contributed by atoms with van der Waals surface area (Å²) in [5, 5.41) is 19.7. The molecule has 42 heavy (non-hydrogen) atoms. The molecule has 0 aromatic heterocycles. The van der Waals surface area contributed by atoms with E-state index < -0.39 is 48.0 Å². The Hall–Kier alpha value is -4.12. The predicted molar refractivity (Wildman–Crippen MR) is 164 cm³/mol. The smallest absolute Gasteiger partial charge is 0.322 e. The molecule has 2 unspecified atom stereocenters. The van der Waals surface area contributed by atoms with Crippen molar-refractivity contribution >= 4 is 29.6 Å². The molecule has 0 saturated heterocycles. The fraction of sp³-hybridized carbons (Fsp3) is 0.484. The number of nitrogens with zero attached hydrogens (tertiary/aromatic N) is 2. The molecular formula is C31H46N6O5. The number of nitrogens with one attached hydrogen (secondary N) is 3. The molecule has 0 aliphatic heterocycles. The van der Waals surface area contributed by atoms with Crippen LogP contribution in [0.4, 0.5) is 15.3 Å². The molecule has 0 radical (unpaired) electrons. The van der Waals surface area contributed by atoms with Crippen LogP contribution in [-0.2, 0) is 16.0 Å². The first-order valence-electron chi connectivity index (χ1n) is 14.1. The van der Waals surface area contributed by atoms with Crippen molar-refractivity contribution in [3.05, 3.63) is 66.2 Å². The third-order valence-corrected chi connectivity index (χ3v) is 6.32. The van der Waals surface area contributed by atoms with Gasteiger partial charge in [-0.1, -0.05) is 62.4 Å². The van der Waals surface area contributed by atoms with Gasteiger partial charge in [-0.3, -0.25) is 14.5 Å². The second-order valence-corrected chi connectivity index (χ2v) is 11.9. The fourth-order valence-electron chi connectivity index (χ4n) is 4.29. The van der Waals surface area contributed by atoms with Crippen molar-refractivity contribution in [1.82, 2.24) is 20.9 Å². The van der Waals surface area contributed by atoms with Crippen LogP contribution in [0, 0.1) is 5.92 Å². The van der Waals surface area contributed by atoms with Gasteiger partial charge in [-0.05, 0) is 50.8 Å². The third-order valence-electron chi connectivity index (χ3n) is 6.32. The molecule has 230 valence electrons. The van der Waals surface area contributed by atoms with Crippen molar-refractivity contribution in [2.75, 3.05) is 25.0 Å². The Bertz CT molecular complexity index is 1170. The Morgan fingerprint density at radius 2 is 1.45 bits per heavy atom. The highest BCUT2D eigenvalue weighted by Gasteiger charge is 2.31. The second-order valence-electron chi connectivity index (χ2n) is 11.9. The molecule has 3 atom stereocenters. The first-order chi connectivity index (χ1) is 19.7. The van der Waals surface area contributed by atoms with Crippen molar-refractivity contribution in [3.8, 4) is 0 Å². The number of carbonyl (C=O) groups is 4. The number of aliphatic hydroxyl groups is 1. The molecule has 0 bridgehead atoms. The number of carbonyl (C=O) groups excluding carboxylic acids is 4. The zero-order chi connectivity index (χ0) is 31.4. The first-order valence-corrected chi connectivity index (χ1v) is 14.1. The number of aliphatic hydroxyl groups excluding tert-OH is 1. The monoisotopic (exact) mass is 582 g/mol. The van der Waals surface area contributed by atoms with Crippen LogP contribution in [-0.4, -0.2) is 77.7 Å². The minimum absolute atomic E-state index is 0.0541. The molecule has 6 N–H and O–H groups in total. The van der Waals surface area contributed by atoms with E-state index >= 15 is 0 Å². The average molecular weight is 583 g/mol. The van der Waals surface area contributed by atoms with Crippen LogP contribution in [0.25, 0.3) is 0 Å². The van der Waals surface area contributed by atoms with Gasteiger partial charge in [0.2, 0.25) is 11.8 Å². The average Bonchev–Trinajstić information content (AvgIpc) is 2.91. The van der Waals surface area contributed by atoms with E-state index in [1.165, 1.54) is 16.8 Å². The number of nitrogens with two attached hydrogens (primary N) is 1. The quantitative estimate of drug-likeness (QED) is 0.245. The molecule has 0 aliphatic rings. The van der Waals surface area contributed by atoms with E-state index in [1.807, 2.05) is 71.0 Å². The van der Waals surface area contributed by atoms with Crippen LogP contribution in [0.2, 0.25) is 0 Å². The zero-order valence-electron chi connectivity index (χ0n) is 25.5. The summed E-state index contributed by atoms with van der Waals surface area (Å²) >= 11 is 0. The summed E-state index contributed by atoms with van der Waals surface area (Å²) in [4.78, 5) is 54.3. The van der Waals surface area contributed by atoms with Gasteiger partial charge in [0.25, 0.3) is 0 Å². The van der Waals surface area contributed by atoms with Gasteiger partial charge in [-0.25, -0.2) is 9.59 Å². The summed E-state index contributed by atoms with van der Waals surface area (Å²) in [6.07, 6.45) is -1.37. The molecule has 11 nitrogen and oxygen atoms in total. The number of primary amides is 1.